The van der Waals surface area contributed by atoms with Crippen molar-refractivity contribution in [2.75, 3.05) is 13.2 Å². The van der Waals surface area contributed by atoms with Crippen LogP contribution in [-0.4, -0.2) is 89.2 Å². The molecular formula is C63H102O12. The van der Waals surface area contributed by atoms with Crippen molar-refractivity contribution < 1.29 is 58.2 Å². The first kappa shape index (κ1) is 68.7. The van der Waals surface area contributed by atoms with Crippen LogP contribution in [0.25, 0.3) is 0 Å². The number of rotatable bonds is 48. The van der Waals surface area contributed by atoms with Crippen molar-refractivity contribution in [3.8, 4) is 0 Å². The Morgan fingerprint density at radius 1 is 0.453 bits per heavy atom. The number of unbranched alkanes of at least 4 members (excludes halogenated alkanes) is 18. The number of carbonyl (C=O) groups is 4. The minimum atomic E-state index is -1.92. The maximum Gasteiger partial charge on any atom is 0.335 e. The standard InChI is InChI=1S/C63H102O12/c1-4-7-10-13-16-19-22-25-28-31-34-37-40-43-46-49-55(64)71-52-54(73-56(65)50-47-44-41-38-35-32-29-26-23-20-17-14-11-8-5-2)53-72-63-61(59(68)58(67)60(75-63)62(69)70)74-57(66)51-48-45-42-39-36-33-30-27-24-21-18-15-12-9-6-3/h7,9-10,12,16,18-19,21,25-30,34,37,54,58-61,63,67-68H,4-6,8,11,13-15,17,20,22-24,31-33,35-36,38-53H2,1-3H3,(H,69,70)/b10-7-,12-9-,19-16-,21-18-,28-25-,29-26-,30-27-,37-34-. The molecule has 426 valence electrons. The molecule has 1 saturated heterocycles. The summed E-state index contributed by atoms with van der Waals surface area (Å²) in [7, 11) is 0. The van der Waals surface area contributed by atoms with Gasteiger partial charge in [-0.1, -0.05) is 189 Å². The number of carboxylic acids is 1. The van der Waals surface area contributed by atoms with Gasteiger partial charge in [0.2, 0.25) is 0 Å². The second kappa shape index (κ2) is 50.5. The van der Waals surface area contributed by atoms with E-state index in [1.165, 1.54) is 38.5 Å². The van der Waals surface area contributed by atoms with Gasteiger partial charge in [-0.25, -0.2) is 4.79 Å². The van der Waals surface area contributed by atoms with Crippen LogP contribution in [0.2, 0.25) is 0 Å². The van der Waals surface area contributed by atoms with E-state index in [2.05, 4.69) is 118 Å². The minimum Gasteiger partial charge on any atom is -0.479 e. The van der Waals surface area contributed by atoms with Crippen LogP contribution in [0.5, 0.6) is 0 Å². The number of aliphatic carboxylic acids is 1. The summed E-state index contributed by atoms with van der Waals surface area (Å²) >= 11 is 0. The molecule has 0 radical (unpaired) electrons. The second-order valence-corrected chi connectivity index (χ2v) is 19.5. The summed E-state index contributed by atoms with van der Waals surface area (Å²) < 4.78 is 28.4. The van der Waals surface area contributed by atoms with E-state index in [4.69, 9.17) is 23.7 Å². The number of carboxylic acid groups (broad SMARTS) is 1. The third-order valence-electron chi connectivity index (χ3n) is 12.6. The Balaban J connectivity index is 2.75. The van der Waals surface area contributed by atoms with Gasteiger partial charge in [0.25, 0.3) is 0 Å². The molecule has 75 heavy (non-hydrogen) atoms. The molecule has 6 atom stereocenters. The summed E-state index contributed by atoms with van der Waals surface area (Å²) in [6.07, 6.45) is 53.8. The molecule has 0 aromatic rings. The number of ether oxygens (including phenoxy) is 5. The smallest absolute Gasteiger partial charge is 0.335 e. The van der Waals surface area contributed by atoms with Crippen LogP contribution in [0.3, 0.4) is 0 Å². The van der Waals surface area contributed by atoms with Crippen molar-refractivity contribution in [1.29, 1.82) is 0 Å². The fraction of sp³-hybridized carbons (Fsp3) is 0.683. The molecule has 0 spiro atoms. The number of allylic oxidation sites excluding steroid dienone is 16. The number of carbonyl (C=O) groups excluding carboxylic acids is 3. The number of hydrogen-bond donors (Lipinski definition) is 3. The van der Waals surface area contributed by atoms with Crippen molar-refractivity contribution in [1.82, 2.24) is 0 Å². The highest BCUT2D eigenvalue weighted by Gasteiger charge is 2.50. The Hall–Kier alpha value is -4.36. The zero-order valence-electron chi connectivity index (χ0n) is 46.8. The summed E-state index contributed by atoms with van der Waals surface area (Å²) in [6, 6.07) is 0. The SMILES string of the molecule is CC/C=C\C/C=C\C/C=C\C/C=C\CCCCC(=O)OCC(COC1OC(C(=O)O)C(O)C(O)C1OC(=O)CCCCCCC/C=C\C/C=C\C/C=C\CC)OC(=O)CCCCCCC/C=C\CCCCCCCC. The fourth-order valence-electron chi connectivity index (χ4n) is 8.19. The van der Waals surface area contributed by atoms with Crippen LogP contribution in [-0.2, 0) is 42.9 Å². The highest BCUT2D eigenvalue weighted by atomic mass is 16.7. The number of aliphatic hydroxyl groups is 2. The first-order valence-electron chi connectivity index (χ1n) is 29.2. The lowest BCUT2D eigenvalue weighted by Gasteiger charge is -2.40. The lowest BCUT2D eigenvalue weighted by atomic mass is 9.98. The molecule has 1 rings (SSSR count). The molecule has 1 heterocycles. The number of esters is 3. The largest absolute Gasteiger partial charge is 0.479 e. The van der Waals surface area contributed by atoms with Gasteiger partial charge in [-0.2, -0.15) is 0 Å². The lowest BCUT2D eigenvalue weighted by molar-refractivity contribution is -0.301. The van der Waals surface area contributed by atoms with Crippen LogP contribution in [0.4, 0.5) is 0 Å². The van der Waals surface area contributed by atoms with Crippen molar-refractivity contribution in [2.45, 2.75) is 263 Å². The Bertz CT molecular complexity index is 1670. The summed E-state index contributed by atoms with van der Waals surface area (Å²) in [6.45, 7) is 5.70. The molecule has 12 heteroatoms. The average molecular weight is 1050 g/mol. The summed E-state index contributed by atoms with van der Waals surface area (Å²) in [5.74, 6) is -3.22. The monoisotopic (exact) mass is 1050 g/mol. The van der Waals surface area contributed by atoms with Crippen LogP contribution < -0.4 is 0 Å². The Morgan fingerprint density at radius 2 is 0.840 bits per heavy atom. The van der Waals surface area contributed by atoms with Gasteiger partial charge in [-0.15, -0.1) is 0 Å². The molecule has 1 aliphatic heterocycles. The molecule has 0 bridgehead atoms. The van der Waals surface area contributed by atoms with Gasteiger partial charge in [0.05, 0.1) is 6.61 Å². The summed E-state index contributed by atoms with van der Waals surface area (Å²) in [5, 5.41) is 31.5. The second-order valence-electron chi connectivity index (χ2n) is 19.5. The van der Waals surface area contributed by atoms with E-state index in [-0.39, 0.29) is 25.9 Å². The minimum absolute atomic E-state index is 0.0318. The lowest BCUT2D eigenvalue weighted by Crippen LogP contribution is -2.61. The van der Waals surface area contributed by atoms with E-state index in [1.807, 2.05) is 0 Å². The van der Waals surface area contributed by atoms with E-state index in [9.17, 15) is 34.5 Å². The summed E-state index contributed by atoms with van der Waals surface area (Å²) in [5.41, 5.74) is 0. The molecule has 1 aliphatic rings. The number of hydrogen-bond acceptors (Lipinski definition) is 11. The third kappa shape index (κ3) is 40.6. The number of aliphatic hydroxyl groups excluding tert-OH is 2. The van der Waals surface area contributed by atoms with Crippen molar-refractivity contribution >= 4 is 23.9 Å². The molecule has 0 saturated carbocycles. The molecule has 1 fully saturated rings. The predicted molar refractivity (Wildman–Crippen MR) is 303 cm³/mol. The van der Waals surface area contributed by atoms with E-state index >= 15 is 0 Å². The van der Waals surface area contributed by atoms with Gasteiger partial charge in [0.1, 0.15) is 18.8 Å². The van der Waals surface area contributed by atoms with Crippen LogP contribution in [0, 0.1) is 0 Å². The van der Waals surface area contributed by atoms with E-state index in [1.54, 1.807) is 0 Å². The molecule has 0 aromatic carbocycles. The highest BCUT2D eigenvalue weighted by molar-refractivity contribution is 5.74. The molecule has 0 aromatic heterocycles. The zero-order valence-corrected chi connectivity index (χ0v) is 46.8. The maximum atomic E-state index is 13.1. The predicted octanol–water partition coefficient (Wildman–Crippen LogP) is 14.9. The Labute approximate surface area is 453 Å². The topological polar surface area (TPSA) is 175 Å². The third-order valence-corrected chi connectivity index (χ3v) is 12.6. The normalized spacial score (nSPS) is 18.9. The van der Waals surface area contributed by atoms with Gasteiger partial charge in [-0.3, -0.25) is 14.4 Å². The van der Waals surface area contributed by atoms with Gasteiger partial charge in [-0.05, 0) is 116 Å². The van der Waals surface area contributed by atoms with Crippen molar-refractivity contribution in [3.63, 3.8) is 0 Å². The van der Waals surface area contributed by atoms with Crippen LogP contribution in [0.15, 0.2) is 97.2 Å². The first-order chi connectivity index (χ1) is 36.6. The Morgan fingerprint density at radius 3 is 1.32 bits per heavy atom. The van der Waals surface area contributed by atoms with E-state index < -0.39 is 67.3 Å². The molecule has 0 aliphatic carbocycles. The summed E-state index contributed by atoms with van der Waals surface area (Å²) in [4.78, 5) is 51.1. The van der Waals surface area contributed by atoms with E-state index in [0.29, 0.717) is 19.3 Å². The quantitative estimate of drug-likeness (QED) is 0.0228. The van der Waals surface area contributed by atoms with Gasteiger partial charge in [0.15, 0.2) is 24.6 Å². The first-order valence-corrected chi connectivity index (χ1v) is 29.2. The molecule has 0 amide bonds. The van der Waals surface area contributed by atoms with Crippen molar-refractivity contribution in [2.24, 2.45) is 0 Å². The van der Waals surface area contributed by atoms with Gasteiger partial charge < -0.3 is 39.0 Å². The molecular weight excluding hydrogens is 949 g/mol. The van der Waals surface area contributed by atoms with Gasteiger partial charge >= 0.3 is 23.9 Å². The molecule has 6 unspecified atom stereocenters. The molecule has 3 N–H and O–H groups in total. The average Bonchev–Trinajstić information content (AvgIpc) is 3.39. The Kier molecular flexibility index (Phi) is 46.2. The van der Waals surface area contributed by atoms with Crippen molar-refractivity contribution in [3.05, 3.63) is 97.2 Å². The zero-order chi connectivity index (χ0) is 54.7. The van der Waals surface area contributed by atoms with Crippen LogP contribution >= 0.6 is 0 Å². The fourth-order valence-corrected chi connectivity index (χ4v) is 8.19. The molecule has 12 nitrogen and oxygen atoms in total. The van der Waals surface area contributed by atoms with Crippen LogP contribution in [0.1, 0.15) is 226 Å². The van der Waals surface area contributed by atoms with Gasteiger partial charge in [0, 0.05) is 19.3 Å². The van der Waals surface area contributed by atoms with E-state index in [0.717, 1.165) is 128 Å². The highest BCUT2D eigenvalue weighted by Crippen LogP contribution is 2.26. The maximum absolute atomic E-state index is 13.1.